The van der Waals surface area contributed by atoms with Gasteiger partial charge in [-0.2, -0.15) is 0 Å². The topological polar surface area (TPSA) is 31.8 Å². The number of anilines is 1. The molecule has 5 heteroatoms. The lowest BCUT2D eigenvalue weighted by atomic mass is 10.1. The fourth-order valence-corrected chi connectivity index (χ4v) is 3.34. The molecule has 128 valence electrons. The van der Waals surface area contributed by atoms with Crippen LogP contribution in [0, 0.1) is 6.92 Å². The van der Waals surface area contributed by atoms with Gasteiger partial charge in [0.15, 0.2) is 0 Å². The number of nitrogens with zero attached hydrogens (tertiary/aromatic N) is 4. The molecule has 3 aromatic rings. The van der Waals surface area contributed by atoms with Crippen LogP contribution in [0.2, 0.25) is 0 Å². The summed E-state index contributed by atoms with van der Waals surface area (Å²) in [5, 5.41) is 11.7. The van der Waals surface area contributed by atoms with E-state index >= 15 is 0 Å². The van der Waals surface area contributed by atoms with Crippen LogP contribution in [0.15, 0.2) is 70.3 Å². The summed E-state index contributed by atoms with van der Waals surface area (Å²) < 4.78 is 1.97. The molecule has 0 unspecified atom stereocenters. The Labute approximate surface area is 153 Å². The van der Waals surface area contributed by atoms with Crippen molar-refractivity contribution in [3.8, 4) is 0 Å². The fraction of sp³-hybridized carbons (Fsp3) is 0.250. The zero-order valence-corrected chi connectivity index (χ0v) is 15.7. The van der Waals surface area contributed by atoms with E-state index in [0.717, 1.165) is 29.5 Å². The number of aryl methyl sites for hydroxylation is 2. The molecular formula is C20H23N4S+. The Morgan fingerprint density at radius 1 is 1.08 bits per heavy atom. The average Bonchev–Trinajstić information content (AvgIpc) is 3.04. The van der Waals surface area contributed by atoms with E-state index in [2.05, 4.69) is 77.5 Å². The number of aromatic nitrogens is 1. The molecule has 0 N–H and O–H groups in total. The number of benzene rings is 2. The van der Waals surface area contributed by atoms with E-state index in [1.54, 1.807) is 11.3 Å². The molecule has 0 aliphatic heterocycles. The van der Waals surface area contributed by atoms with Crippen molar-refractivity contribution in [1.82, 2.24) is 0 Å². The normalized spacial score (nSPS) is 11.2. The van der Waals surface area contributed by atoms with Crippen molar-refractivity contribution >= 4 is 27.8 Å². The molecule has 0 spiro atoms. The van der Waals surface area contributed by atoms with Crippen LogP contribution in [0.4, 0.5) is 16.5 Å². The molecule has 25 heavy (non-hydrogen) atoms. The van der Waals surface area contributed by atoms with Crippen LogP contribution >= 0.6 is 11.3 Å². The fourth-order valence-electron chi connectivity index (χ4n) is 2.66. The Balaban J connectivity index is 1.78. The second-order valence-corrected chi connectivity index (χ2v) is 6.84. The highest BCUT2D eigenvalue weighted by Crippen LogP contribution is 2.27. The van der Waals surface area contributed by atoms with Crippen LogP contribution in [0.1, 0.15) is 18.1 Å². The van der Waals surface area contributed by atoms with Crippen LogP contribution in [0.3, 0.4) is 0 Å². The Hall–Kier alpha value is -2.53. The Morgan fingerprint density at radius 2 is 1.88 bits per heavy atom. The lowest BCUT2D eigenvalue weighted by molar-refractivity contribution is -0.654. The highest BCUT2D eigenvalue weighted by molar-refractivity contribution is 7.12. The molecule has 1 aromatic heterocycles. The number of hydrogen-bond acceptors (Lipinski definition) is 4. The van der Waals surface area contributed by atoms with Crippen LogP contribution in [-0.2, 0) is 13.6 Å². The van der Waals surface area contributed by atoms with E-state index in [1.807, 2.05) is 23.2 Å². The molecular weight excluding hydrogens is 328 g/mol. The van der Waals surface area contributed by atoms with Crippen molar-refractivity contribution in [3.05, 3.63) is 71.2 Å². The summed E-state index contributed by atoms with van der Waals surface area (Å²) >= 11 is 1.58. The van der Waals surface area contributed by atoms with Gasteiger partial charge in [0.1, 0.15) is 11.9 Å². The van der Waals surface area contributed by atoms with Gasteiger partial charge >= 0.3 is 5.13 Å². The van der Waals surface area contributed by atoms with Crippen molar-refractivity contribution in [2.24, 2.45) is 17.3 Å². The molecule has 0 fully saturated rings. The van der Waals surface area contributed by atoms with Crippen molar-refractivity contribution in [2.75, 3.05) is 11.4 Å². The lowest BCUT2D eigenvalue weighted by Crippen LogP contribution is -2.23. The highest BCUT2D eigenvalue weighted by Gasteiger charge is 2.10. The van der Waals surface area contributed by atoms with Gasteiger partial charge in [-0.3, -0.25) is 0 Å². The molecule has 4 nitrogen and oxygen atoms in total. The minimum absolute atomic E-state index is 0.891. The Kier molecular flexibility index (Phi) is 5.56. The second-order valence-electron chi connectivity index (χ2n) is 5.97. The van der Waals surface area contributed by atoms with Crippen molar-refractivity contribution in [1.29, 1.82) is 0 Å². The molecule has 0 atom stereocenters. The summed E-state index contributed by atoms with van der Waals surface area (Å²) in [4.78, 5) is 2.36. The highest BCUT2D eigenvalue weighted by atomic mass is 32.1. The monoisotopic (exact) mass is 351 g/mol. The van der Waals surface area contributed by atoms with E-state index in [9.17, 15) is 0 Å². The van der Waals surface area contributed by atoms with Gasteiger partial charge in [-0.05, 0) is 59.6 Å². The number of azo groups is 1. The van der Waals surface area contributed by atoms with Crippen LogP contribution in [0.25, 0.3) is 0 Å². The molecule has 0 radical (unpaired) electrons. The molecule has 2 aromatic carbocycles. The largest absolute Gasteiger partial charge is 0.408 e. The second kappa shape index (κ2) is 8.03. The van der Waals surface area contributed by atoms with Gasteiger partial charge in [0.25, 0.3) is 0 Å². The average molecular weight is 351 g/mol. The van der Waals surface area contributed by atoms with Gasteiger partial charge in [-0.15, -0.1) is 0 Å². The minimum Gasteiger partial charge on any atom is -0.367 e. The van der Waals surface area contributed by atoms with E-state index in [4.69, 9.17) is 0 Å². The molecule has 0 amide bonds. The molecule has 0 saturated carbocycles. The zero-order valence-electron chi connectivity index (χ0n) is 14.9. The summed E-state index contributed by atoms with van der Waals surface area (Å²) in [7, 11) is 1.98. The minimum atomic E-state index is 0.891. The third-order valence-corrected chi connectivity index (χ3v) is 4.98. The van der Waals surface area contributed by atoms with Crippen LogP contribution in [0.5, 0.6) is 0 Å². The smallest absolute Gasteiger partial charge is 0.367 e. The molecule has 0 aliphatic carbocycles. The predicted octanol–water partition coefficient (Wildman–Crippen LogP) is 5.32. The summed E-state index contributed by atoms with van der Waals surface area (Å²) in [6.07, 6.45) is 1.98. The molecule has 0 bridgehead atoms. The number of hydrogen-bond donors (Lipinski definition) is 0. The number of thiazole rings is 1. The van der Waals surface area contributed by atoms with Gasteiger partial charge in [0, 0.05) is 24.2 Å². The van der Waals surface area contributed by atoms with Crippen molar-refractivity contribution in [2.45, 2.75) is 20.4 Å². The summed E-state index contributed by atoms with van der Waals surface area (Å²) in [5.41, 5.74) is 4.57. The summed E-state index contributed by atoms with van der Waals surface area (Å²) in [5.74, 6) is 0. The first-order valence-electron chi connectivity index (χ1n) is 8.41. The van der Waals surface area contributed by atoms with Gasteiger partial charge < -0.3 is 4.90 Å². The lowest BCUT2D eigenvalue weighted by Gasteiger charge is -2.23. The van der Waals surface area contributed by atoms with Gasteiger partial charge in [0.05, 0.1) is 12.2 Å². The van der Waals surface area contributed by atoms with Gasteiger partial charge in [-0.1, -0.05) is 30.3 Å². The van der Waals surface area contributed by atoms with Crippen LogP contribution < -0.4 is 9.47 Å². The first-order valence-corrected chi connectivity index (χ1v) is 9.29. The van der Waals surface area contributed by atoms with Crippen molar-refractivity contribution < 1.29 is 4.57 Å². The molecule has 1 heterocycles. The maximum absolute atomic E-state index is 4.42. The van der Waals surface area contributed by atoms with E-state index < -0.39 is 0 Å². The quantitative estimate of drug-likeness (QED) is 0.437. The third kappa shape index (κ3) is 4.31. The van der Waals surface area contributed by atoms with Crippen LogP contribution in [-0.4, -0.2) is 6.54 Å². The zero-order chi connectivity index (χ0) is 17.6. The first kappa shape index (κ1) is 17.3. The van der Waals surface area contributed by atoms with Crippen molar-refractivity contribution in [3.63, 3.8) is 0 Å². The molecule has 3 rings (SSSR count). The number of rotatable bonds is 6. The predicted molar refractivity (Wildman–Crippen MR) is 104 cm³/mol. The van der Waals surface area contributed by atoms with Gasteiger partial charge in [0.2, 0.25) is 0 Å². The van der Waals surface area contributed by atoms with E-state index in [1.165, 1.54) is 11.3 Å². The van der Waals surface area contributed by atoms with Gasteiger partial charge in [-0.25, -0.2) is 4.57 Å². The summed E-state index contributed by atoms with van der Waals surface area (Å²) in [6, 6.07) is 16.9. The first-order chi connectivity index (χ1) is 12.2. The standard InChI is InChI=1S/C20H23N4S/c1-4-24(15-17-8-6-5-7-9-17)18-10-11-19(16(2)14-18)21-22-20-23(3)12-13-25-20/h5-14H,4,15H2,1-3H3/q+1. The molecule has 0 saturated heterocycles. The Morgan fingerprint density at radius 3 is 2.52 bits per heavy atom. The molecule has 0 aliphatic rings. The maximum Gasteiger partial charge on any atom is 0.408 e. The SMILES string of the molecule is CCN(Cc1ccccc1)c1ccc(/N=N/c2scc[n+]2C)c(C)c1. The maximum atomic E-state index is 4.42. The van der Waals surface area contributed by atoms with E-state index in [0.29, 0.717) is 0 Å². The van der Waals surface area contributed by atoms with E-state index in [-0.39, 0.29) is 0 Å². The third-order valence-electron chi connectivity index (χ3n) is 4.15. The Bertz CT molecular complexity index is 855. The summed E-state index contributed by atoms with van der Waals surface area (Å²) in [6.45, 7) is 6.13.